The number of amides is 1. The van der Waals surface area contributed by atoms with Crippen LogP contribution < -0.4 is 5.32 Å². The van der Waals surface area contributed by atoms with Gasteiger partial charge in [-0.15, -0.1) is 0 Å². The average Bonchev–Trinajstić information content (AvgIpc) is 2.75. The molecular weight excluding hydrogens is 242 g/mol. The number of aliphatic imine (C=N–C) groups is 1. The summed E-state index contributed by atoms with van der Waals surface area (Å²) >= 11 is 0. The van der Waals surface area contributed by atoms with Gasteiger partial charge in [0.15, 0.2) is 5.96 Å². The molecule has 0 aliphatic carbocycles. The van der Waals surface area contributed by atoms with Crippen molar-refractivity contribution >= 4 is 11.9 Å². The van der Waals surface area contributed by atoms with Crippen molar-refractivity contribution in [2.24, 2.45) is 12.0 Å². The lowest BCUT2D eigenvalue weighted by molar-refractivity contribution is -0.127. The Morgan fingerprint density at radius 1 is 1.42 bits per heavy atom. The molecule has 1 N–H and O–H groups in total. The summed E-state index contributed by atoms with van der Waals surface area (Å²) in [5.41, 5.74) is 1.18. The summed E-state index contributed by atoms with van der Waals surface area (Å²) in [6.07, 6.45) is 2.01. The molecule has 1 aromatic heterocycles. The maximum atomic E-state index is 11.5. The molecule has 0 unspecified atom stereocenters. The molecule has 106 valence electrons. The molecule has 1 heterocycles. The number of carbonyl (C=O) groups excluding carboxylic acids is 1. The SMILES string of the molecule is CN=C(NCC(=O)N(C)C)N(C)Cc1cccn1C. The number of hydrogen-bond acceptors (Lipinski definition) is 2. The minimum absolute atomic E-state index is 0.0217. The van der Waals surface area contributed by atoms with E-state index in [1.54, 1.807) is 26.0 Å². The zero-order valence-corrected chi connectivity index (χ0v) is 12.3. The summed E-state index contributed by atoms with van der Waals surface area (Å²) in [7, 11) is 9.14. The summed E-state index contributed by atoms with van der Waals surface area (Å²) in [5.74, 6) is 0.727. The molecule has 0 atom stereocenters. The first-order valence-electron chi connectivity index (χ1n) is 6.18. The normalized spacial score (nSPS) is 11.3. The van der Waals surface area contributed by atoms with Crippen LogP contribution in [0.4, 0.5) is 0 Å². The summed E-state index contributed by atoms with van der Waals surface area (Å²) < 4.78 is 2.06. The fourth-order valence-electron chi connectivity index (χ4n) is 1.68. The smallest absolute Gasteiger partial charge is 0.241 e. The maximum absolute atomic E-state index is 11.5. The van der Waals surface area contributed by atoms with E-state index < -0.39 is 0 Å². The van der Waals surface area contributed by atoms with Crippen LogP contribution in [0.3, 0.4) is 0 Å². The van der Waals surface area contributed by atoms with Gasteiger partial charge in [0.25, 0.3) is 0 Å². The van der Waals surface area contributed by atoms with Gasteiger partial charge in [-0.25, -0.2) is 0 Å². The highest BCUT2D eigenvalue weighted by Crippen LogP contribution is 2.03. The molecule has 19 heavy (non-hydrogen) atoms. The van der Waals surface area contributed by atoms with Crippen LogP contribution in [0, 0.1) is 0 Å². The summed E-state index contributed by atoms with van der Waals surface area (Å²) in [5, 5.41) is 3.06. The van der Waals surface area contributed by atoms with Gasteiger partial charge in [-0.2, -0.15) is 0 Å². The fraction of sp³-hybridized carbons (Fsp3) is 0.538. The van der Waals surface area contributed by atoms with E-state index in [1.165, 1.54) is 5.69 Å². The van der Waals surface area contributed by atoms with E-state index >= 15 is 0 Å². The van der Waals surface area contributed by atoms with Crippen molar-refractivity contribution in [3.8, 4) is 0 Å². The molecule has 6 heteroatoms. The van der Waals surface area contributed by atoms with Crippen LogP contribution in [-0.2, 0) is 18.4 Å². The van der Waals surface area contributed by atoms with Gasteiger partial charge in [-0.3, -0.25) is 9.79 Å². The van der Waals surface area contributed by atoms with Gasteiger partial charge in [0.2, 0.25) is 5.91 Å². The fourth-order valence-corrected chi connectivity index (χ4v) is 1.68. The Bertz CT molecular complexity index is 450. The minimum Gasteiger partial charge on any atom is -0.353 e. The number of hydrogen-bond donors (Lipinski definition) is 1. The van der Waals surface area contributed by atoms with Gasteiger partial charge in [0.05, 0.1) is 13.1 Å². The second kappa shape index (κ2) is 6.82. The number of rotatable bonds is 4. The lowest BCUT2D eigenvalue weighted by Crippen LogP contribution is -2.43. The molecule has 1 aromatic rings. The topological polar surface area (TPSA) is 52.9 Å². The molecule has 0 bridgehead atoms. The van der Waals surface area contributed by atoms with E-state index in [9.17, 15) is 4.79 Å². The molecule has 6 nitrogen and oxygen atoms in total. The van der Waals surface area contributed by atoms with E-state index in [0.29, 0.717) is 5.96 Å². The molecule has 1 amide bonds. The zero-order chi connectivity index (χ0) is 14.4. The van der Waals surface area contributed by atoms with Gasteiger partial charge < -0.3 is 19.7 Å². The molecule has 0 aliphatic heterocycles. The lowest BCUT2D eigenvalue weighted by atomic mass is 10.4. The second-order valence-corrected chi connectivity index (χ2v) is 4.66. The Morgan fingerprint density at radius 2 is 2.11 bits per heavy atom. The lowest BCUT2D eigenvalue weighted by Gasteiger charge is -2.22. The van der Waals surface area contributed by atoms with E-state index in [-0.39, 0.29) is 12.5 Å². The predicted molar refractivity (Wildman–Crippen MR) is 76.9 cm³/mol. The van der Waals surface area contributed by atoms with Crippen molar-refractivity contribution in [2.45, 2.75) is 6.54 Å². The Labute approximate surface area is 114 Å². The Morgan fingerprint density at radius 3 is 2.58 bits per heavy atom. The molecule has 1 rings (SSSR count). The molecule has 0 radical (unpaired) electrons. The number of nitrogens with one attached hydrogen (secondary N) is 1. The van der Waals surface area contributed by atoms with E-state index in [0.717, 1.165) is 6.54 Å². The number of aromatic nitrogens is 1. The van der Waals surface area contributed by atoms with Gasteiger partial charge >= 0.3 is 0 Å². The van der Waals surface area contributed by atoms with Crippen molar-refractivity contribution in [1.82, 2.24) is 19.7 Å². The van der Waals surface area contributed by atoms with E-state index in [1.807, 2.05) is 31.3 Å². The maximum Gasteiger partial charge on any atom is 0.241 e. The van der Waals surface area contributed by atoms with Crippen molar-refractivity contribution in [3.05, 3.63) is 24.0 Å². The van der Waals surface area contributed by atoms with Crippen LogP contribution in [-0.4, -0.2) is 61.0 Å². The van der Waals surface area contributed by atoms with Crippen LogP contribution in [0.2, 0.25) is 0 Å². The van der Waals surface area contributed by atoms with Gasteiger partial charge in [0.1, 0.15) is 0 Å². The molecular formula is C13H23N5O. The number of carbonyl (C=O) groups is 1. The van der Waals surface area contributed by atoms with Crippen LogP contribution in [0.15, 0.2) is 23.3 Å². The largest absolute Gasteiger partial charge is 0.353 e. The minimum atomic E-state index is 0.0217. The predicted octanol–water partition coefficient (Wildman–Crippen LogP) is 0.121. The van der Waals surface area contributed by atoms with Crippen LogP contribution in [0.5, 0.6) is 0 Å². The summed E-state index contributed by atoms with van der Waals surface area (Å²) in [6, 6.07) is 4.07. The third-order valence-electron chi connectivity index (χ3n) is 2.92. The Balaban J connectivity index is 2.56. The molecule has 0 aliphatic rings. The summed E-state index contributed by atoms with van der Waals surface area (Å²) in [6.45, 7) is 0.983. The third kappa shape index (κ3) is 4.31. The van der Waals surface area contributed by atoms with Crippen LogP contribution in [0.1, 0.15) is 5.69 Å². The number of aryl methyl sites for hydroxylation is 1. The molecule has 0 spiro atoms. The second-order valence-electron chi connectivity index (χ2n) is 4.66. The third-order valence-corrected chi connectivity index (χ3v) is 2.92. The monoisotopic (exact) mass is 265 g/mol. The number of guanidine groups is 1. The number of nitrogens with zero attached hydrogens (tertiary/aromatic N) is 4. The zero-order valence-electron chi connectivity index (χ0n) is 12.3. The molecule has 0 saturated carbocycles. The van der Waals surface area contributed by atoms with Crippen molar-refractivity contribution in [1.29, 1.82) is 0 Å². The molecule has 0 saturated heterocycles. The van der Waals surface area contributed by atoms with Crippen LogP contribution in [0.25, 0.3) is 0 Å². The highest BCUT2D eigenvalue weighted by atomic mass is 16.2. The van der Waals surface area contributed by atoms with E-state index in [2.05, 4.69) is 20.9 Å². The van der Waals surface area contributed by atoms with Crippen molar-refractivity contribution < 1.29 is 4.79 Å². The standard InChI is InChI=1S/C13H23N5O/c1-14-13(15-9-12(19)16(2)3)18(5)10-11-7-6-8-17(11)4/h6-8H,9-10H2,1-5H3,(H,14,15). The highest BCUT2D eigenvalue weighted by Gasteiger charge is 2.10. The first kappa shape index (κ1) is 15.1. The van der Waals surface area contributed by atoms with Crippen molar-refractivity contribution in [3.63, 3.8) is 0 Å². The molecule has 0 fully saturated rings. The van der Waals surface area contributed by atoms with Crippen molar-refractivity contribution in [2.75, 3.05) is 34.7 Å². The first-order valence-corrected chi connectivity index (χ1v) is 6.18. The van der Waals surface area contributed by atoms with Gasteiger partial charge in [-0.1, -0.05) is 0 Å². The van der Waals surface area contributed by atoms with E-state index in [4.69, 9.17) is 0 Å². The summed E-state index contributed by atoms with van der Waals surface area (Å²) in [4.78, 5) is 19.3. The first-order chi connectivity index (χ1) is 8.95. The molecule has 0 aromatic carbocycles. The average molecular weight is 265 g/mol. The Hall–Kier alpha value is -1.98. The van der Waals surface area contributed by atoms with Gasteiger partial charge in [-0.05, 0) is 12.1 Å². The van der Waals surface area contributed by atoms with Gasteiger partial charge in [0, 0.05) is 47.1 Å². The number of likely N-dealkylation sites (N-methyl/N-ethyl adjacent to an activating group) is 1. The highest BCUT2D eigenvalue weighted by molar-refractivity contribution is 5.86. The Kier molecular flexibility index (Phi) is 5.41. The quantitative estimate of drug-likeness (QED) is 0.621. The van der Waals surface area contributed by atoms with Crippen LogP contribution >= 0.6 is 0 Å².